The Balaban J connectivity index is 1.62. The second kappa shape index (κ2) is 6.87. The molecular weight excluding hydrogens is 350 g/mol. The molecule has 0 atom stereocenters. The fourth-order valence-electron chi connectivity index (χ4n) is 3.96. The molecule has 26 heavy (non-hydrogen) atoms. The zero-order valence-electron chi connectivity index (χ0n) is 14.6. The number of hydrogen-bond donors (Lipinski definition) is 1. The van der Waals surface area contributed by atoms with Crippen LogP contribution in [0, 0.1) is 5.92 Å². The third-order valence-electron chi connectivity index (χ3n) is 5.24. The fraction of sp³-hybridized carbons (Fsp3) is 0.474. The van der Waals surface area contributed by atoms with E-state index in [1.165, 1.54) is 19.3 Å². The average Bonchev–Trinajstić information content (AvgIpc) is 3.09. The van der Waals surface area contributed by atoms with Crippen molar-refractivity contribution in [2.24, 2.45) is 5.92 Å². The first kappa shape index (κ1) is 17.3. The molecule has 7 heteroatoms. The van der Waals surface area contributed by atoms with E-state index in [0.29, 0.717) is 29.4 Å². The Hall–Kier alpha value is -2.15. The molecule has 0 bridgehead atoms. The van der Waals surface area contributed by atoms with Crippen molar-refractivity contribution in [2.75, 3.05) is 5.32 Å². The summed E-state index contributed by atoms with van der Waals surface area (Å²) in [6, 6.07) is 9.49. The van der Waals surface area contributed by atoms with Crippen LogP contribution in [0.15, 0.2) is 30.3 Å². The van der Waals surface area contributed by atoms with Gasteiger partial charge >= 0.3 is 0 Å². The Morgan fingerprint density at radius 2 is 1.85 bits per heavy atom. The van der Waals surface area contributed by atoms with E-state index in [0.717, 1.165) is 18.5 Å². The van der Waals surface area contributed by atoms with Crippen molar-refractivity contribution in [1.82, 2.24) is 9.78 Å². The Morgan fingerprint density at radius 1 is 1.12 bits per heavy atom. The molecule has 6 nitrogen and oxygen atoms in total. The highest BCUT2D eigenvalue weighted by atomic mass is 32.2. The van der Waals surface area contributed by atoms with E-state index < -0.39 is 9.84 Å². The quantitative estimate of drug-likeness (QED) is 0.892. The van der Waals surface area contributed by atoms with Crippen LogP contribution in [0.5, 0.6) is 0 Å². The maximum atomic E-state index is 12.6. The lowest BCUT2D eigenvalue weighted by atomic mass is 9.87. The van der Waals surface area contributed by atoms with Crippen molar-refractivity contribution in [3.8, 4) is 5.69 Å². The standard InChI is InChI=1S/C19H23N3O3S/c23-18(11-14-7-3-1-4-8-14)20-19-16-12-26(24,25)13-17(16)21-22(19)15-9-5-2-6-10-15/h2,5-6,9-10,14H,1,3-4,7-8,11-13H2,(H,20,23). The van der Waals surface area contributed by atoms with Gasteiger partial charge in [-0.25, -0.2) is 13.1 Å². The van der Waals surface area contributed by atoms with Crippen LogP contribution in [-0.2, 0) is 26.1 Å². The summed E-state index contributed by atoms with van der Waals surface area (Å²) in [5, 5.41) is 7.45. The molecule has 1 saturated carbocycles. The summed E-state index contributed by atoms with van der Waals surface area (Å²) in [5.41, 5.74) is 1.99. The van der Waals surface area contributed by atoms with Crippen LogP contribution in [-0.4, -0.2) is 24.1 Å². The molecular formula is C19H23N3O3S. The summed E-state index contributed by atoms with van der Waals surface area (Å²) in [4.78, 5) is 12.6. The average molecular weight is 373 g/mol. The van der Waals surface area contributed by atoms with Crippen LogP contribution in [0.25, 0.3) is 5.69 Å². The molecule has 1 N–H and O–H groups in total. The molecule has 1 aliphatic heterocycles. The number of carbonyl (C=O) groups excluding carboxylic acids is 1. The van der Waals surface area contributed by atoms with Crippen LogP contribution >= 0.6 is 0 Å². The molecule has 0 saturated heterocycles. The Bertz CT molecular complexity index is 913. The molecule has 138 valence electrons. The fourth-order valence-corrected chi connectivity index (χ4v) is 5.46. The topological polar surface area (TPSA) is 81.1 Å². The van der Waals surface area contributed by atoms with E-state index in [2.05, 4.69) is 10.4 Å². The predicted molar refractivity (Wildman–Crippen MR) is 99.7 cm³/mol. The molecule has 0 spiro atoms. The molecule has 1 amide bonds. The third-order valence-corrected chi connectivity index (χ3v) is 6.69. The van der Waals surface area contributed by atoms with E-state index in [4.69, 9.17) is 0 Å². The molecule has 2 aromatic rings. The van der Waals surface area contributed by atoms with Crippen molar-refractivity contribution in [1.29, 1.82) is 0 Å². The van der Waals surface area contributed by atoms with Crippen LogP contribution < -0.4 is 5.32 Å². The van der Waals surface area contributed by atoms with Gasteiger partial charge in [0.05, 0.1) is 22.9 Å². The zero-order valence-corrected chi connectivity index (χ0v) is 15.5. The van der Waals surface area contributed by atoms with Crippen molar-refractivity contribution < 1.29 is 13.2 Å². The van der Waals surface area contributed by atoms with Gasteiger partial charge in [0.25, 0.3) is 0 Å². The number of nitrogens with one attached hydrogen (secondary N) is 1. The van der Waals surface area contributed by atoms with E-state index in [1.54, 1.807) is 4.68 Å². The van der Waals surface area contributed by atoms with Gasteiger partial charge in [-0.1, -0.05) is 37.5 Å². The second-order valence-electron chi connectivity index (χ2n) is 7.31. The van der Waals surface area contributed by atoms with Gasteiger partial charge in [0.2, 0.25) is 5.91 Å². The van der Waals surface area contributed by atoms with E-state index in [9.17, 15) is 13.2 Å². The van der Waals surface area contributed by atoms with Crippen LogP contribution in [0.3, 0.4) is 0 Å². The van der Waals surface area contributed by atoms with Crippen molar-refractivity contribution in [3.05, 3.63) is 41.6 Å². The van der Waals surface area contributed by atoms with Gasteiger partial charge in [-0.05, 0) is 30.9 Å². The third kappa shape index (κ3) is 3.53. The van der Waals surface area contributed by atoms with E-state index >= 15 is 0 Å². The van der Waals surface area contributed by atoms with Gasteiger partial charge in [0, 0.05) is 12.0 Å². The summed E-state index contributed by atoms with van der Waals surface area (Å²) < 4.78 is 25.6. The minimum atomic E-state index is -3.17. The van der Waals surface area contributed by atoms with Crippen molar-refractivity contribution >= 4 is 21.6 Å². The molecule has 0 radical (unpaired) electrons. The minimum Gasteiger partial charge on any atom is -0.310 e. The molecule has 1 aromatic carbocycles. The Kier molecular flexibility index (Phi) is 4.56. The van der Waals surface area contributed by atoms with Gasteiger partial charge in [0.15, 0.2) is 9.84 Å². The normalized spacial score (nSPS) is 19.2. The molecule has 1 aromatic heterocycles. The SMILES string of the molecule is O=C(CC1CCCCC1)Nc1c2c(nn1-c1ccccc1)CS(=O)(=O)C2. The number of nitrogens with zero attached hydrogens (tertiary/aromatic N) is 2. The van der Waals surface area contributed by atoms with Gasteiger partial charge in [-0.2, -0.15) is 5.10 Å². The first-order valence-electron chi connectivity index (χ1n) is 9.18. The molecule has 0 unspecified atom stereocenters. The van der Waals surface area contributed by atoms with Crippen molar-refractivity contribution in [2.45, 2.75) is 50.0 Å². The van der Waals surface area contributed by atoms with Gasteiger partial charge in [-0.15, -0.1) is 0 Å². The summed E-state index contributed by atoms with van der Waals surface area (Å²) in [7, 11) is -3.17. The van der Waals surface area contributed by atoms with Crippen LogP contribution in [0.1, 0.15) is 49.8 Å². The number of aromatic nitrogens is 2. The van der Waals surface area contributed by atoms with E-state index in [1.807, 2.05) is 30.3 Å². The lowest BCUT2D eigenvalue weighted by Gasteiger charge is -2.21. The summed E-state index contributed by atoms with van der Waals surface area (Å²) in [6.07, 6.45) is 6.31. The highest BCUT2D eigenvalue weighted by molar-refractivity contribution is 7.90. The van der Waals surface area contributed by atoms with Gasteiger partial charge < -0.3 is 5.32 Å². The predicted octanol–water partition coefficient (Wildman–Crippen LogP) is 3.21. The Morgan fingerprint density at radius 3 is 2.58 bits per heavy atom. The number of amides is 1. The highest BCUT2D eigenvalue weighted by Crippen LogP contribution is 2.33. The second-order valence-corrected chi connectivity index (χ2v) is 9.37. The number of anilines is 1. The number of sulfone groups is 1. The first-order valence-corrected chi connectivity index (χ1v) is 11.0. The lowest BCUT2D eigenvalue weighted by Crippen LogP contribution is -2.21. The summed E-state index contributed by atoms with van der Waals surface area (Å²) in [5.74, 6) is 0.754. The lowest BCUT2D eigenvalue weighted by molar-refractivity contribution is -0.117. The van der Waals surface area contributed by atoms with Gasteiger partial charge in [-0.3, -0.25) is 4.79 Å². The molecule has 2 heterocycles. The minimum absolute atomic E-state index is 0.0546. The molecule has 1 aliphatic carbocycles. The largest absolute Gasteiger partial charge is 0.310 e. The number of hydrogen-bond acceptors (Lipinski definition) is 4. The maximum absolute atomic E-state index is 12.6. The Labute approximate surface area is 153 Å². The maximum Gasteiger partial charge on any atom is 0.225 e. The molecule has 2 aliphatic rings. The number of benzene rings is 1. The molecule has 1 fully saturated rings. The summed E-state index contributed by atoms with van der Waals surface area (Å²) >= 11 is 0. The number of rotatable bonds is 4. The number of fused-ring (bicyclic) bond motifs is 1. The van der Waals surface area contributed by atoms with Crippen molar-refractivity contribution in [3.63, 3.8) is 0 Å². The zero-order chi connectivity index (χ0) is 18.1. The highest BCUT2D eigenvalue weighted by Gasteiger charge is 2.33. The van der Waals surface area contributed by atoms with E-state index in [-0.39, 0.29) is 17.4 Å². The first-order chi connectivity index (χ1) is 12.5. The number of para-hydroxylation sites is 1. The van der Waals surface area contributed by atoms with Crippen LogP contribution in [0.4, 0.5) is 5.82 Å². The molecule has 4 rings (SSSR count). The number of carbonyl (C=O) groups is 1. The van der Waals surface area contributed by atoms with Crippen LogP contribution in [0.2, 0.25) is 0 Å². The van der Waals surface area contributed by atoms with Gasteiger partial charge in [0.1, 0.15) is 5.82 Å². The summed E-state index contributed by atoms with van der Waals surface area (Å²) in [6.45, 7) is 0. The smallest absolute Gasteiger partial charge is 0.225 e. The monoisotopic (exact) mass is 373 g/mol.